The quantitative estimate of drug-likeness (QED) is 0.728. The summed E-state index contributed by atoms with van der Waals surface area (Å²) in [5, 5.41) is 8.86. The maximum atomic E-state index is 12.2. The number of rotatable bonds is 3. The minimum atomic E-state index is 0.174. The molecular formula is C12H22N2O3. The predicted molar refractivity (Wildman–Crippen MR) is 63.6 cm³/mol. The van der Waals surface area contributed by atoms with Gasteiger partial charge in [0.1, 0.15) is 0 Å². The van der Waals surface area contributed by atoms with E-state index in [9.17, 15) is 4.79 Å². The molecule has 0 aromatic rings. The van der Waals surface area contributed by atoms with Crippen molar-refractivity contribution in [2.24, 2.45) is 5.92 Å². The first-order valence-corrected chi connectivity index (χ1v) is 6.51. The van der Waals surface area contributed by atoms with Crippen LogP contribution in [-0.4, -0.2) is 73.4 Å². The van der Waals surface area contributed by atoms with E-state index in [1.165, 1.54) is 0 Å². The van der Waals surface area contributed by atoms with E-state index in [-0.39, 0.29) is 12.5 Å². The van der Waals surface area contributed by atoms with Gasteiger partial charge in [-0.05, 0) is 12.8 Å². The highest BCUT2D eigenvalue weighted by Crippen LogP contribution is 2.18. The van der Waals surface area contributed by atoms with Crippen LogP contribution in [0, 0.1) is 5.92 Å². The molecule has 2 aliphatic rings. The Labute approximate surface area is 102 Å². The van der Waals surface area contributed by atoms with Gasteiger partial charge in [0.05, 0.1) is 6.61 Å². The van der Waals surface area contributed by atoms with Gasteiger partial charge in [0.2, 0.25) is 5.91 Å². The van der Waals surface area contributed by atoms with E-state index >= 15 is 0 Å². The summed E-state index contributed by atoms with van der Waals surface area (Å²) in [7, 11) is 0. The Morgan fingerprint density at radius 2 is 1.82 bits per heavy atom. The molecule has 2 heterocycles. The van der Waals surface area contributed by atoms with Crippen LogP contribution in [0.4, 0.5) is 0 Å². The van der Waals surface area contributed by atoms with E-state index in [1.807, 2.05) is 4.90 Å². The van der Waals surface area contributed by atoms with Gasteiger partial charge in [-0.2, -0.15) is 0 Å². The van der Waals surface area contributed by atoms with Gasteiger partial charge < -0.3 is 14.7 Å². The first kappa shape index (κ1) is 12.8. The Balaban J connectivity index is 1.77. The van der Waals surface area contributed by atoms with Crippen molar-refractivity contribution in [3.8, 4) is 0 Å². The molecule has 0 spiro atoms. The number of carbonyl (C=O) groups is 1. The second-order valence-corrected chi connectivity index (χ2v) is 4.78. The molecule has 0 aromatic heterocycles. The third-order valence-corrected chi connectivity index (χ3v) is 3.67. The highest BCUT2D eigenvalue weighted by molar-refractivity contribution is 5.79. The van der Waals surface area contributed by atoms with Crippen molar-refractivity contribution in [1.82, 2.24) is 9.80 Å². The lowest BCUT2D eigenvalue weighted by atomic mass is 9.98. The average Bonchev–Trinajstić information content (AvgIpc) is 2.40. The molecule has 1 N–H and O–H groups in total. The minimum absolute atomic E-state index is 0.174. The van der Waals surface area contributed by atoms with Crippen molar-refractivity contribution in [3.05, 3.63) is 0 Å². The fourth-order valence-electron chi connectivity index (χ4n) is 2.54. The number of piperazine rings is 1. The van der Waals surface area contributed by atoms with E-state index in [0.29, 0.717) is 5.91 Å². The van der Waals surface area contributed by atoms with Crippen molar-refractivity contribution < 1.29 is 14.6 Å². The Bertz CT molecular complexity index is 246. The molecule has 0 unspecified atom stereocenters. The summed E-state index contributed by atoms with van der Waals surface area (Å²) in [6.07, 6.45) is 1.74. The van der Waals surface area contributed by atoms with E-state index in [1.54, 1.807) is 0 Å². The van der Waals surface area contributed by atoms with E-state index in [4.69, 9.17) is 9.84 Å². The summed E-state index contributed by atoms with van der Waals surface area (Å²) in [6, 6.07) is 0. The summed E-state index contributed by atoms with van der Waals surface area (Å²) in [4.78, 5) is 16.4. The molecule has 0 aliphatic carbocycles. The van der Waals surface area contributed by atoms with E-state index in [0.717, 1.165) is 58.8 Å². The van der Waals surface area contributed by atoms with Gasteiger partial charge >= 0.3 is 0 Å². The average molecular weight is 242 g/mol. The summed E-state index contributed by atoms with van der Waals surface area (Å²) in [6.45, 7) is 5.74. The maximum Gasteiger partial charge on any atom is 0.225 e. The minimum Gasteiger partial charge on any atom is -0.395 e. The number of hydrogen-bond donors (Lipinski definition) is 1. The van der Waals surface area contributed by atoms with Crippen molar-refractivity contribution in [3.63, 3.8) is 0 Å². The zero-order valence-corrected chi connectivity index (χ0v) is 10.3. The van der Waals surface area contributed by atoms with Crippen LogP contribution in [0.25, 0.3) is 0 Å². The Morgan fingerprint density at radius 3 is 2.41 bits per heavy atom. The van der Waals surface area contributed by atoms with Crippen LogP contribution in [0.1, 0.15) is 12.8 Å². The molecule has 0 bridgehead atoms. The number of carbonyl (C=O) groups excluding carboxylic acids is 1. The molecule has 98 valence electrons. The van der Waals surface area contributed by atoms with E-state index < -0.39 is 0 Å². The summed E-state index contributed by atoms with van der Waals surface area (Å²) in [5.74, 6) is 0.477. The molecule has 2 fully saturated rings. The van der Waals surface area contributed by atoms with Crippen molar-refractivity contribution in [2.75, 3.05) is 52.5 Å². The molecule has 5 heteroatoms. The van der Waals surface area contributed by atoms with Crippen LogP contribution in [0.3, 0.4) is 0 Å². The predicted octanol–water partition coefficient (Wildman–Crippen LogP) is -0.450. The van der Waals surface area contributed by atoms with Gasteiger partial charge in [0, 0.05) is 51.9 Å². The molecule has 2 rings (SSSR count). The maximum absolute atomic E-state index is 12.2. The molecule has 17 heavy (non-hydrogen) atoms. The zero-order chi connectivity index (χ0) is 12.1. The Morgan fingerprint density at radius 1 is 1.18 bits per heavy atom. The molecule has 0 radical (unpaired) electrons. The molecular weight excluding hydrogens is 220 g/mol. The third-order valence-electron chi connectivity index (χ3n) is 3.67. The van der Waals surface area contributed by atoms with Gasteiger partial charge in [0.25, 0.3) is 0 Å². The van der Waals surface area contributed by atoms with Crippen LogP contribution in [-0.2, 0) is 9.53 Å². The monoisotopic (exact) mass is 242 g/mol. The second-order valence-electron chi connectivity index (χ2n) is 4.78. The fourth-order valence-corrected chi connectivity index (χ4v) is 2.54. The van der Waals surface area contributed by atoms with Gasteiger partial charge in [-0.1, -0.05) is 0 Å². The number of hydrogen-bond acceptors (Lipinski definition) is 4. The van der Waals surface area contributed by atoms with Crippen molar-refractivity contribution in [2.45, 2.75) is 12.8 Å². The normalized spacial score (nSPS) is 23.9. The molecule has 2 saturated heterocycles. The standard InChI is InChI=1S/C12H22N2O3/c15-8-7-13-3-5-14(6-4-13)12(16)11-1-9-17-10-2-11/h11,15H,1-10H2. The first-order valence-electron chi connectivity index (χ1n) is 6.51. The van der Waals surface area contributed by atoms with Crippen molar-refractivity contribution in [1.29, 1.82) is 0 Å². The van der Waals surface area contributed by atoms with Crippen LogP contribution >= 0.6 is 0 Å². The molecule has 2 aliphatic heterocycles. The van der Waals surface area contributed by atoms with Gasteiger partial charge in [0.15, 0.2) is 0 Å². The largest absolute Gasteiger partial charge is 0.395 e. The number of β-amino-alcohol motifs (C(OH)–C–C–N with tert-alkyl or cyclic N) is 1. The summed E-state index contributed by atoms with van der Waals surface area (Å²) >= 11 is 0. The molecule has 1 amide bonds. The smallest absolute Gasteiger partial charge is 0.225 e. The Hall–Kier alpha value is -0.650. The number of aliphatic hydroxyl groups is 1. The lowest BCUT2D eigenvalue weighted by Gasteiger charge is -2.36. The van der Waals surface area contributed by atoms with Crippen LogP contribution in [0.2, 0.25) is 0 Å². The third kappa shape index (κ3) is 3.40. The number of amides is 1. The lowest BCUT2D eigenvalue weighted by molar-refractivity contribution is -0.140. The van der Waals surface area contributed by atoms with Gasteiger partial charge in [-0.15, -0.1) is 0 Å². The Kier molecular flexibility index (Phi) is 4.76. The highest BCUT2D eigenvalue weighted by Gasteiger charge is 2.28. The summed E-state index contributed by atoms with van der Waals surface area (Å²) in [5.41, 5.74) is 0. The SMILES string of the molecule is O=C(C1CCOCC1)N1CCN(CCO)CC1. The van der Waals surface area contributed by atoms with Crippen molar-refractivity contribution >= 4 is 5.91 Å². The van der Waals surface area contributed by atoms with Crippen LogP contribution < -0.4 is 0 Å². The second kappa shape index (κ2) is 6.33. The number of ether oxygens (including phenoxy) is 1. The van der Waals surface area contributed by atoms with Gasteiger partial charge in [-0.3, -0.25) is 9.69 Å². The topological polar surface area (TPSA) is 53.0 Å². The molecule has 0 atom stereocenters. The zero-order valence-electron chi connectivity index (χ0n) is 10.3. The highest BCUT2D eigenvalue weighted by atomic mass is 16.5. The van der Waals surface area contributed by atoms with Crippen LogP contribution in [0.15, 0.2) is 0 Å². The lowest BCUT2D eigenvalue weighted by Crippen LogP contribution is -2.51. The molecule has 0 aromatic carbocycles. The molecule has 5 nitrogen and oxygen atoms in total. The first-order chi connectivity index (χ1) is 8.31. The fraction of sp³-hybridized carbons (Fsp3) is 0.917. The van der Waals surface area contributed by atoms with Gasteiger partial charge in [-0.25, -0.2) is 0 Å². The van der Waals surface area contributed by atoms with Crippen LogP contribution in [0.5, 0.6) is 0 Å². The number of nitrogens with zero attached hydrogens (tertiary/aromatic N) is 2. The number of aliphatic hydroxyl groups excluding tert-OH is 1. The summed E-state index contributed by atoms with van der Waals surface area (Å²) < 4.78 is 5.28. The van der Waals surface area contributed by atoms with E-state index in [2.05, 4.69) is 4.90 Å². The molecule has 0 saturated carbocycles.